The molecule has 0 aliphatic rings. The Balaban J connectivity index is 2.37. The number of nitrogens with zero attached hydrogens (tertiary/aromatic N) is 2. The fourth-order valence-corrected chi connectivity index (χ4v) is 1.51. The lowest BCUT2D eigenvalue weighted by molar-refractivity contribution is 0.281. The van der Waals surface area contributed by atoms with Crippen molar-refractivity contribution in [3.05, 3.63) is 42.2 Å². The molecule has 0 spiro atoms. The minimum Gasteiger partial charge on any atom is -0.493 e. The first-order valence-corrected chi connectivity index (χ1v) is 5.49. The second kappa shape index (κ2) is 5.41. The molecule has 0 saturated carbocycles. The molecule has 4 heteroatoms. The SMILES string of the molecule is CCOc1ccccc1-c1ncc(CO)cn1. The van der Waals surface area contributed by atoms with Crippen molar-refractivity contribution in [1.29, 1.82) is 0 Å². The average Bonchev–Trinajstić information content (AvgIpc) is 2.40. The fourth-order valence-electron chi connectivity index (χ4n) is 1.51. The minimum absolute atomic E-state index is 0.0482. The molecule has 0 aliphatic carbocycles. The van der Waals surface area contributed by atoms with Gasteiger partial charge in [0.25, 0.3) is 0 Å². The Hall–Kier alpha value is -1.94. The van der Waals surface area contributed by atoms with Gasteiger partial charge in [0.1, 0.15) is 5.75 Å². The van der Waals surface area contributed by atoms with Gasteiger partial charge < -0.3 is 9.84 Å². The zero-order valence-corrected chi connectivity index (χ0v) is 9.63. The molecule has 1 heterocycles. The van der Waals surface area contributed by atoms with Gasteiger partial charge in [0.05, 0.1) is 18.8 Å². The highest BCUT2D eigenvalue weighted by Crippen LogP contribution is 2.26. The summed E-state index contributed by atoms with van der Waals surface area (Å²) in [5, 5.41) is 8.93. The summed E-state index contributed by atoms with van der Waals surface area (Å²) in [5.41, 5.74) is 1.56. The first kappa shape index (κ1) is 11.5. The fraction of sp³-hybridized carbons (Fsp3) is 0.231. The molecular weight excluding hydrogens is 216 g/mol. The Kier molecular flexibility index (Phi) is 3.67. The van der Waals surface area contributed by atoms with E-state index >= 15 is 0 Å². The van der Waals surface area contributed by atoms with E-state index in [9.17, 15) is 0 Å². The molecule has 0 aliphatic heterocycles. The molecule has 1 N–H and O–H groups in total. The molecule has 0 amide bonds. The highest BCUT2D eigenvalue weighted by molar-refractivity contribution is 5.63. The van der Waals surface area contributed by atoms with Crippen molar-refractivity contribution < 1.29 is 9.84 Å². The van der Waals surface area contributed by atoms with Gasteiger partial charge >= 0.3 is 0 Å². The lowest BCUT2D eigenvalue weighted by atomic mass is 10.2. The molecule has 2 aromatic rings. The van der Waals surface area contributed by atoms with Crippen molar-refractivity contribution >= 4 is 0 Å². The van der Waals surface area contributed by atoms with Gasteiger partial charge in [-0.25, -0.2) is 9.97 Å². The van der Waals surface area contributed by atoms with Gasteiger partial charge in [-0.05, 0) is 19.1 Å². The largest absolute Gasteiger partial charge is 0.493 e. The van der Waals surface area contributed by atoms with Crippen LogP contribution in [0.25, 0.3) is 11.4 Å². The molecule has 17 heavy (non-hydrogen) atoms. The van der Waals surface area contributed by atoms with Crippen molar-refractivity contribution in [2.45, 2.75) is 13.5 Å². The number of ether oxygens (including phenoxy) is 1. The highest BCUT2D eigenvalue weighted by Gasteiger charge is 2.07. The lowest BCUT2D eigenvalue weighted by Gasteiger charge is -2.08. The van der Waals surface area contributed by atoms with E-state index in [1.54, 1.807) is 12.4 Å². The Morgan fingerprint density at radius 2 is 1.88 bits per heavy atom. The third-order valence-electron chi connectivity index (χ3n) is 2.32. The van der Waals surface area contributed by atoms with Crippen LogP contribution in [0, 0.1) is 0 Å². The van der Waals surface area contributed by atoms with Gasteiger partial charge in [0.15, 0.2) is 5.82 Å². The van der Waals surface area contributed by atoms with E-state index in [0.29, 0.717) is 18.0 Å². The van der Waals surface area contributed by atoms with E-state index in [1.807, 2.05) is 31.2 Å². The molecule has 0 saturated heterocycles. The lowest BCUT2D eigenvalue weighted by Crippen LogP contribution is -1.97. The van der Waals surface area contributed by atoms with Crippen LogP contribution in [0.1, 0.15) is 12.5 Å². The highest BCUT2D eigenvalue weighted by atomic mass is 16.5. The van der Waals surface area contributed by atoms with Crippen molar-refractivity contribution in [2.75, 3.05) is 6.61 Å². The average molecular weight is 230 g/mol. The van der Waals surface area contributed by atoms with Crippen LogP contribution in [0.5, 0.6) is 5.75 Å². The van der Waals surface area contributed by atoms with Crippen LogP contribution in [0.4, 0.5) is 0 Å². The summed E-state index contributed by atoms with van der Waals surface area (Å²) in [6, 6.07) is 7.64. The summed E-state index contributed by atoms with van der Waals surface area (Å²) in [6.45, 7) is 2.49. The summed E-state index contributed by atoms with van der Waals surface area (Å²) in [6.07, 6.45) is 3.23. The topological polar surface area (TPSA) is 55.2 Å². The summed E-state index contributed by atoms with van der Waals surface area (Å²) in [7, 11) is 0. The molecule has 0 fully saturated rings. The smallest absolute Gasteiger partial charge is 0.162 e. The predicted octanol–water partition coefficient (Wildman–Crippen LogP) is 2.03. The van der Waals surface area contributed by atoms with E-state index in [2.05, 4.69) is 9.97 Å². The third-order valence-corrected chi connectivity index (χ3v) is 2.32. The zero-order valence-electron chi connectivity index (χ0n) is 9.63. The second-order valence-corrected chi connectivity index (χ2v) is 3.50. The number of aromatic nitrogens is 2. The number of para-hydroxylation sites is 1. The van der Waals surface area contributed by atoms with Crippen LogP contribution in [0.3, 0.4) is 0 Å². The first-order chi connectivity index (χ1) is 8.35. The molecule has 0 bridgehead atoms. The minimum atomic E-state index is -0.0482. The molecule has 0 atom stereocenters. The predicted molar refractivity (Wildman–Crippen MR) is 64.6 cm³/mol. The van der Waals surface area contributed by atoms with Gasteiger partial charge in [-0.1, -0.05) is 12.1 Å². The molecule has 0 unspecified atom stereocenters. The maximum atomic E-state index is 8.93. The normalized spacial score (nSPS) is 10.2. The van der Waals surface area contributed by atoms with E-state index in [4.69, 9.17) is 9.84 Å². The zero-order chi connectivity index (χ0) is 12.1. The van der Waals surface area contributed by atoms with E-state index < -0.39 is 0 Å². The van der Waals surface area contributed by atoms with Gasteiger partial charge in [0.2, 0.25) is 0 Å². The van der Waals surface area contributed by atoms with Crippen molar-refractivity contribution in [2.24, 2.45) is 0 Å². The second-order valence-electron chi connectivity index (χ2n) is 3.50. The van der Waals surface area contributed by atoms with Crippen molar-refractivity contribution in [3.63, 3.8) is 0 Å². The Morgan fingerprint density at radius 3 is 2.53 bits per heavy atom. The summed E-state index contributed by atoms with van der Waals surface area (Å²) in [4.78, 5) is 8.42. The molecule has 4 nitrogen and oxygen atoms in total. The number of rotatable bonds is 4. The summed E-state index contributed by atoms with van der Waals surface area (Å²) < 4.78 is 5.52. The first-order valence-electron chi connectivity index (χ1n) is 5.49. The van der Waals surface area contributed by atoms with Crippen molar-refractivity contribution in [3.8, 4) is 17.1 Å². The maximum absolute atomic E-state index is 8.93. The van der Waals surface area contributed by atoms with Gasteiger partial charge in [-0.2, -0.15) is 0 Å². The van der Waals surface area contributed by atoms with E-state index in [1.165, 1.54) is 0 Å². The van der Waals surface area contributed by atoms with E-state index in [0.717, 1.165) is 11.3 Å². The van der Waals surface area contributed by atoms with Crippen LogP contribution >= 0.6 is 0 Å². The molecular formula is C13H14N2O2. The van der Waals surface area contributed by atoms with Crippen LogP contribution in [-0.2, 0) is 6.61 Å². The van der Waals surface area contributed by atoms with Crippen molar-refractivity contribution in [1.82, 2.24) is 9.97 Å². The maximum Gasteiger partial charge on any atom is 0.162 e. The molecule has 0 radical (unpaired) electrons. The van der Waals surface area contributed by atoms with Gasteiger partial charge in [0, 0.05) is 18.0 Å². The Labute approximate surface area is 99.9 Å². The quantitative estimate of drug-likeness (QED) is 0.873. The van der Waals surface area contributed by atoms with Gasteiger partial charge in [-0.3, -0.25) is 0 Å². The van der Waals surface area contributed by atoms with Crippen LogP contribution in [0.15, 0.2) is 36.7 Å². The molecule has 2 rings (SSSR count). The van der Waals surface area contributed by atoms with Gasteiger partial charge in [-0.15, -0.1) is 0 Å². The number of hydrogen-bond donors (Lipinski definition) is 1. The Morgan fingerprint density at radius 1 is 1.18 bits per heavy atom. The number of aliphatic hydroxyl groups is 1. The number of aliphatic hydroxyl groups excluding tert-OH is 1. The Bertz CT molecular complexity index is 483. The van der Waals surface area contributed by atoms with E-state index in [-0.39, 0.29) is 6.61 Å². The molecule has 1 aromatic carbocycles. The standard InChI is InChI=1S/C13H14N2O2/c1-2-17-12-6-4-3-5-11(12)13-14-7-10(9-16)8-15-13/h3-8,16H,2,9H2,1H3. The van der Waals surface area contributed by atoms with Crippen LogP contribution < -0.4 is 4.74 Å². The monoisotopic (exact) mass is 230 g/mol. The third kappa shape index (κ3) is 2.60. The van der Waals surface area contributed by atoms with Crippen LogP contribution in [-0.4, -0.2) is 21.7 Å². The summed E-state index contributed by atoms with van der Waals surface area (Å²) >= 11 is 0. The number of hydrogen-bond acceptors (Lipinski definition) is 4. The summed E-state index contributed by atoms with van der Waals surface area (Å²) in [5.74, 6) is 1.37. The number of benzene rings is 1. The molecule has 1 aromatic heterocycles. The molecule has 88 valence electrons. The van der Waals surface area contributed by atoms with Crippen LogP contribution in [0.2, 0.25) is 0 Å².